The number of aromatic amines is 1. The molecule has 1 heterocycles. The molecule has 1 aromatic carbocycles. The fraction of sp³-hybridized carbons (Fsp3) is 0.133. The molecule has 0 saturated heterocycles. The number of halogens is 2. The monoisotopic (exact) mass is 400 g/mol. The summed E-state index contributed by atoms with van der Waals surface area (Å²) in [4.78, 5) is 42.6. The number of hydrogen-bond acceptors (Lipinski definition) is 7. The molecule has 0 saturated carbocycles. The number of carbonyl (C=O) groups excluding carboxylic acids is 3. The summed E-state index contributed by atoms with van der Waals surface area (Å²) in [6.45, 7) is 0. The van der Waals surface area contributed by atoms with Gasteiger partial charge >= 0.3 is 0 Å². The number of nitro benzene ring substituents is 1. The second-order valence-electron chi connectivity index (χ2n) is 4.69. The molecule has 11 heteroatoms. The number of H-pyrrole nitrogens is 1. The Kier molecular flexibility index (Phi) is 7.76. The minimum absolute atomic E-state index is 0.0970. The third-order valence-electron chi connectivity index (χ3n) is 2.94. The molecule has 0 radical (unpaired) electrons. The van der Waals surface area contributed by atoms with Gasteiger partial charge in [-0.05, 0) is 18.6 Å². The number of hydrogen-bond donors (Lipinski definition) is 1. The van der Waals surface area contributed by atoms with Crippen molar-refractivity contribution in [2.75, 3.05) is 0 Å². The summed E-state index contributed by atoms with van der Waals surface area (Å²) in [6, 6.07) is 4.73. The molecule has 0 unspecified atom stereocenters. The maximum absolute atomic E-state index is 10.9. The summed E-state index contributed by atoms with van der Waals surface area (Å²) in [6.07, 6.45) is 2.01. The number of Topliss-reactive ketones (excluding diaryl/α,β-unsaturated/α-hetero) is 1. The minimum atomic E-state index is -1.86. The highest BCUT2D eigenvalue weighted by molar-refractivity contribution is 6.35. The van der Waals surface area contributed by atoms with Crippen LogP contribution in [0.4, 0.5) is 5.69 Å². The molecule has 2 rings (SSSR count). The Morgan fingerprint density at radius 3 is 2.12 bits per heavy atom. The molecule has 0 amide bonds. The molecule has 26 heavy (non-hydrogen) atoms. The largest absolute Gasteiger partial charge is 0.550 e. The van der Waals surface area contributed by atoms with E-state index in [1.807, 2.05) is 0 Å². The third-order valence-corrected chi connectivity index (χ3v) is 3.56. The van der Waals surface area contributed by atoms with Crippen LogP contribution in [-0.2, 0) is 14.4 Å². The van der Waals surface area contributed by atoms with Gasteiger partial charge in [0.25, 0.3) is 5.69 Å². The average Bonchev–Trinajstić information content (AvgIpc) is 2.98. The quantitative estimate of drug-likeness (QED) is 0.425. The fourth-order valence-corrected chi connectivity index (χ4v) is 2.25. The number of carboxylic acids is 2. The summed E-state index contributed by atoms with van der Waals surface area (Å²) in [5, 5.41) is 30.7. The lowest BCUT2D eigenvalue weighted by molar-refractivity contribution is -0.384. The number of ketones is 1. The zero-order valence-electron chi connectivity index (χ0n) is 12.9. The first-order chi connectivity index (χ1) is 12.1. The first-order valence-electron chi connectivity index (χ1n) is 6.84. The number of aliphatic carboxylic acids is 2. The van der Waals surface area contributed by atoms with Crippen LogP contribution in [0, 0.1) is 10.1 Å². The molecule has 1 aromatic heterocycles. The standard InChI is InChI=1S/C10H6Cl2N2O2.C5H6O5/c11-8-3-1-2-6(10(8)14(15)16)7-4-13-5-9(7)12;6-3(5(9)10)1-2-4(7)8/h1-5,13H;1-2H2,(H,7,8)(H,9,10)/p-2. The molecule has 0 fully saturated rings. The van der Waals surface area contributed by atoms with Gasteiger partial charge in [-0.1, -0.05) is 29.3 Å². The van der Waals surface area contributed by atoms with Crippen LogP contribution in [0.5, 0.6) is 0 Å². The molecule has 9 nitrogen and oxygen atoms in total. The molecule has 2 aromatic rings. The normalized spacial score (nSPS) is 9.77. The van der Waals surface area contributed by atoms with Crippen LogP contribution in [0.3, 0.4) is 0 Å². The molecular weight excluding hydrogens is 391 g/mol. The van der Waals surface area contributed by atoms with E-state index in [2.05, 4.69) is 4.98 Å². The van der Waals surface area contributed by atoms with E-state index in [0.717, 1.165) is 0 Å². The van der Waals surface area contributed by atoms with Crippen LogP contribution in [0.15, 0.2) is 30.6 Å². The lowest BCUT2D eigenvalue weighted by Crippen LogP contribution is -2.33. The van der Waals surface area contributed by atoms with Gasteiger partial charge in [-0.15, -0.1) is 0 Å². The van der Waals surface area contributed by atoms with Crippen molar-refractivity contribution in [1.29, 1.82) is 0 Å². The Hall–Kier alpha value is -2.91. The Morgan fingerprint density at radius 1 is 1.00 bits per heavy atom. The maximum atomic E-state index is 10.9. The summed E-state index contributed by atoms with van der Waals surface area (Å²) < 4.78 is 0. The number of para-hydroxylation sites is 1. The van der Waals surface area contributed by atoms with Gasteiger partial charge in [0.05, 0.1) is 15.5 Å². The highest BCUT2D eigenvalue weighted by atomic mass is 35.5. The highest BCUT2D eigenvalue weighted by Gasteiger charge is 2.21. The number of benzene rings is 1. The van der Waals surface area contributed by atoms with E-state index in [-0.39, 0.29) is 10.7 Å². The van der Waals surface area contributed by atoms with Gasteiger partial charge in [-0.3, -0.25) is 14.9 Å². The number of nitro groups is 1. The van der Waals surface area contributed by atoms with E-state index in [1.54, 1.807) is 24.5 Å². The zero-order chi connectivity index (χ0) is 19.9. The van der Waals surface area contributed by atoms with Gasteiger partial charge in [0.1, 0.15) is 11.0 Å². The molecule has 138 valence electrons. The SMILES string of the molecule is O=C([O-])CCC(=O)C(=O)[O-].O=[N+]([O-])c1c(Cl)cccc1-c1c[nH]cc1Cl. The van der Waals surface area contributed by atoms with Crippen LogP contribution in [0.25, 0.3) is 11.1 Å². The van der Waals surface area contributed by atoms with Gasteiger partial charge in [0.2, 0.25) is 0 Å². The number of rotatable bonds is 6. The number of aromatic nitrogens is 1. The molecule has 0 aliphatic carbocycles. The second kappa shape index (κ2) is 9.54. The predicted molar refractivity (Wildman–Crippen MR) is 87.2 cm³/mol. The third kappa shape index (κ3) is 5.87. The summed E-state index contributed by atoms with van der Waals surface area (Å²) in [5.41, 5.74) is 0.838. The van der Waals surface area contributed by atoms with Crippen molar-refractivity contribution in [2.24, 2.45) is 0 Å². The van der Waals surface area contributed by atoms with E-state index >= 15 is 0 Å². The molecule has 0 atom stereocenters. The molecule has 0 aliphatic heterocycles. The van der Waals surface area contributed by atoms with Gasteiger partial charge in [-0.25, -0.2) is 0 Å². The summed E-state index contributed by atoms with van der Waals surface area (Å²) >= 11 is 11.7. The van der Waals surface area contributed by atoms with E-state index in [4.69, 9.17) is 23.2 Å². The van der Waals surface area contributed by atoms with Gasteiger partial charge < -0.3 is 24.8 Å². The Bertz CT molecular complexity index is 848. The molecular formula is C15H10Cl2N2O7-2. The van der Waals surface area contributed by atoms with Gasteiger partial charge in [-0.2, -0.15) is 0 Å². The van der Waals surface area contributed by atoms with E-state index < -0.39 is 35.5 Å². The highest BCUT2D eigenvalue weighted by Crippen LogP contribution is 2.38. The van der Waals surface area contributed by atoms with E-state index in [9.17, 15) is 34.7 Å². The Morgan fingerprint density at radius 2 is 1.65 bits per heavy atom. The number of carboxylic acid groups (broad SMARTS) is 2. The van der Waals surface area contributed by atoms with E-state index in [1.165, 1.54) is 6.07 Å². The molecule has 0 aliphatic rings. The molecule has 0 bridgehead atoms. The van der Waals surface area contributed by atoms with Crippen LogP contribution in [0.1, 0.15) is 12.8 Å². The molecule has 0 spiro atoms. The van der Waals surface area contributed by atoms with E-state index in [0.29, 0.717) is 16.1 Å². The summed E-state index contributed by atoms with van der Waals surface area (Å²) in [5.74, 6) is -4.53. The van der Waals surface area contributed by atoms with Crippen LogP contribution < -0.4 is 10.2 Å². The van der Waals surface area contributed by atoms with Crippen molar-refractivity contribution in [3.8, 4) is 11.1 Å². The lowest BCUT2D eigenvalue weighted by atomic mass is 10.1. The van der Waals surface area contributed by atoms with Crippen molar-refractivity contribution >= 4 is 46.6 Å². The minimum Gasteiger partial charge on any atom is -0.550 e. The average molecular weight is 401 g/mol. The number of carbonyl (C=O) groups is 3. The fourth-order valence-electron chi connectivity index (χ4n) is 1.79. The van der Waals surface area contributed by atoms with Crippen LogP contribution in [0.2, 0.25) is 10.0 Å². The van der Waals surface area contributed by atoms with Crippen molar-refractivity contribution in [3.63, 3.8) is 0 Å². The maximum Gasteiger partial charge on any atom is 0.295 e. The van der Waals surface area contributed by atoms with Gasteiger partial charge in [0.15, 0.2) is 5.78 Å². The predicted octanol–water partition coefficient (Wildman–Crippen LogP) is 0.732. The zero-order valence-corrected chi connectivity index (χ0v) is 14.4. The number of nitrogens with one attached hydrogen (secondary N) is 1. The molecule has 1 N–H and O–H groups in total. The van der Waals surface area contributed by atoms with Crippen molar-refractivity contribution in [3.05, 3.63) is 50.8 Å². The topological polar surface area (TPSA) is 156 Å². The first kappa shape index (κ1) is 21.1. The van der Waals surface area contributed by atoms with Gasteiger partial charge in [0, 0.05) is 30.3 Å². The van der Waals surface area contributed by atoms with Crippen LogP contribution >= 0.6 is 23.2 Å². The number of nitrogens with zero attached hydrogens (tertiary/aromatic N) is 1. The Balaban J connectivity index is 0.000000294. The van der Waals surface area contributed by atoms with Crippen molar-refractivity contribution in [2.45, 2.75) is 12.8 Å². The van der Waals surface area contributed by atoms with Crippen molar-refractivity contribution < 1.29 is 29.5 Å². The smallest absolute Gasteiger partial charge is 0.295 e. The van der Waals surface area contributed by atoms with Crippen molar-refractivity contribution in [1.82, 2.24) is 4.98 Å². The lowest BCUT2D eigenvalue weighted by Gasteiger charge is -2.02. The summed E-state index contributed by atoms with van der Waals surface area (Å²) in [7, 11) is 0. The Labute approximate surface area is 156 Å². The van der Waals surface area contributed by atoms with Crippen LogP contribution in [-0.4, -0.2) is 27.6 Å². The first-order valence-corrected chi connectivity index (χ1v) is 7.60. The second-order valence-corrected chi connectivity index (χ2v) is 5.51.